The molecule has 2 atom stereocenters. The number of carbonyl (C=O) groups excluding carboxylic acids is 1. The molecular weight excluding hydrogens is 897 g/mol. The Labute approximate surface area is 390 Å². The zero-order valence-corrected chi connectivity index (χ0v) is 37.5. The molecule has 7 aromatic rings. The maximum Gasteiger partial charge on any atom is 0.370 e. The van der Waals surface area contributed by atoms with Gasteiger partial charge in [0.2, 0.25) is 29.4 Å². The van der Waals surface area contributed by atoms with E-state index in [9.17, 15) is 40.7 Å². The molecule has 1 saturated carbocycles. The normalized spacial score (nSPS) is 15.1. The van der Waals surface area contributed by atoms with E-state index in [1.807, 2.05) is 30.5 Å². The van der Waals surface area contributed by atoms with Crippen LogP contribution in [0.25, 0.3) is 34.7 Å². The van der Waals surface area contributed by atoms with Crippen LogP contribution in [0.4, 0.5) is 28.9 Å². The molecule has 1 aliphatic carbocycles. The van der Waals surface area contributed by atoms with Gasteiger partial charge in [-0.05, 0) is 94.6 Å². The predicted molar refractivity (Wildman–Crippen MR) is 253 cm³/mol. The van der Waals surface area contributed by atoms with Crippen molar-refractivity contribution in [3.8, 4) is 5.75 Å². The summed E-state index contributed by atoms with van der Waals surface area (Å²) in [5.74, 6) is -12.4. The number of esters is 1. The number of rotatable bonds is 12. The Morgan fingerprint density at radius 1 is 0.765 bits per heavy atom. The summed E-state index contributed by atoms with van der Waals surface area (Å²) in [4.78, 5) is 22.8. The molecule has 2 N–H and O–H groups in total. The zero-order valence-electron chi connectivity index (χ0n) is 36.7. The number of aliphatic carboxylic acids is 1. The molecule has 6 aromatic carbocycles. The number of nitrogens with zero attached hydrogens (tertiary/aromatic N) is 2. The number of aromatic nitrogens is 1. The van der Waals surface area contributed by atoms with Crippen LogP contribution < -0.4 is 14.2 Å². The summed E-state index contributed by atoms with van der Waals surface area (Å²) in [5, 5.41) is 10.4. The van der Waals surface area contributed by atoms with Crippen molar-refractivity contribution in [2.45, 2.75) is 62.4 Å². The van der Waals surface area contributed by atoms with E-state index in [2.05, 4.69) is 137 Å². The molecule has 0 spiro atoms. The fraction of sp³-hybridized carbons (Fsp3) is 0.167. The molecule has 2 heterocycles. The minimum Gasteiger partial charge on any atom is -0.477 e. The second kappa shape index (κ2) is 20.2. The van der Waals surface area contributed by atoms with Gasteiger partial charge < -0.3 is 14.7 Å². The molecule has 1 aromatic heterocycles. The number of carbonyl (C=O) groups is 2. The predicted octanol–water partition coefficient (Wildman–Crippen LogP) is 12.0. The van der Waals surface area contributed by atoms with Crippen LogP contribution in [0, 0.1) is 23.3 Å². The molecule has 0 amide bonds. The van der Waals surface area contributed by atoms with Crippen LogP contribution in [0.5, 0.6) is 5.75 Å². The number of hydrogen-bond acceptors (Lipinski definition) is 6. The number of carboxylic acid groups (broad SMARTS) is 1. The SMILES string of the molecule is CCCC(=O)Oc1c(F)c(F)c(S(=O)(=O)O)c(F)c1F.O=C(O)C[n+]1ccc(/C=C/c2ccc3c(c2)C2CCCC2N3c2ccc(C=C(c3ccccc3)c3ccccc3)cc2)c2ccccc21. The van der Waals surface area contributed by atoms with Crippen molar-refractivity contribution in [1.29, 1.82) is 0 Å². The lowest BCUT2D eigenvalue weighted by molar-refractivity contribution is -0.660. The number of anilines is 2. The van der Waals surface area contributed by atoms with Gasteiger partial charge in [0, 0.05) is 41.9 Å². The third-order valence-electron chi connectivity index (χ3n) is 12.0. The molecule has 2 aliphatic rings. The van der Waals surface area contributed by atoms with Crippen molar-refractivity contribution in [1.82, 2.24) is 0 Å². The monoisotopic (exact) mass is 941 g/mol. The first-order valence-electron chi connectivity index (χ1n) is 21.9. The van der Waals surface area contributed by atoms with Crippen LogP contribution in [0.15, 0.2) is 145 Å². The molecule has 68 heavy (non-hydrogen) atoms. The number of hydrogen-bond donors (Lipinski definition) is 2. The van der Waals surface area contributed by atoms with E-state index in [1.165, 1.54) is 71.0 Å². The highest BCUT2D eigenvalue weighted by molar-refractivity contribution is 7.85. The highest BCUT2D eigenvalue weighted by Gasteiger charge is 2.42. The molecule has 2 unspecified atom stereocenters. The van der Waals surface area contributed by atoms with Gasteiger partial charge in [0.1, 0.15) is 0 Å². The Kier molecular flexibility index (Phi) is 14.0. The molecular formula is C54H45F4N2O7S+. The van der Waals surface area contributed by atoms with E-state index in [0.717, 1.165) is 16.5 Å². The molecule has 0 saturated heterocycles. The van der Waals surface area contributed by atoms with Gasteiger partial charge in [-0.15, -0.1) is 0 Å². The highest BCUT2D eigenvalue weighted by Crippen LogP contribution is 2.52. The Hall–Kier alpha value is -7.42. The van der Waals surface area contributed by atoms with Crippen LogP contribution in [0.3, 0.4) is 0 Å². The third-order valence-corrected chi connectivity index (χ3v) is 12.9. The molecule has 14 heteroatoms. The Morgan fingerprint density at radius 2 is 1.38 bits per heavy atom. The third kappa shape index (κ3) is 9.97. The van der Waals surface area contributed by atoms with Gasteiger partial charge in [0.15, 0.2) is 22.7 Å². The van der Waals surface area contributed by atoms with Crippen molar-refractivity contribution in [3.05, 3.63) is 196 Å². The van der Waals surface area contributed by atoms with E-state index in [0.29, 0.717) is 12.0 Å². The number of pyridine rings is 1. The fourth-order valence-corrected chi connectivity index (χ4v) is 9.61. The molecule has 1 aliphatic heterocycles. The first-order chi connectivity index (χ1) is 32.7. The van der Waals surface area contributed by atoms with Crippen molar-refractivity contribution < 1.29 is 54.5 Å². The largest absolute Gasteiger partial charge is 0.477 e. The van der Waals surface area contributed by atoms with E-state index in [1.54, 1.807) is 4.57 Å². The zero-order chi connectivity index (χ0) is 48.1. The number of carboxylic acids is 1. The molecule has 9 nitrogen and oxygen atoms in total. The van der Waals surface area contributed by atoms with Gasteiger partial charge in [-0.3, -0.25) is 9.35 Å². The molecule has 346 valence electrons. The van der Waals surface area contributed by atoms with Crippen LogP contribution >= 0.6 is 0 Å². The standard InChI is InChI=1S/C44H36N2O2.C10H8F4O5S/c47-44(48)30-45-27-26-35(37-14-7-8-16-41(37)45)22-18-31-21-25-43-40(29-31)38-15-9-17-42(38)46(43)36-23-19-32(20-24-36)28-39(33-10-3-1-4-11-33)34-12-5-2-6-13-34;1-2-3-4(15)19-9-5(11)7(13)10(20(16,17)18)8(14)6(9)12/h1-8,10-14,16,18-29,38,42H,9,15,17,30H2;2-3H2,1H3,(H,16,17,18)/p+1. The summed E-state index contributed by atoms with van der Waals surface area (Å²) in [7, 11) is -5.54. The molecule has 1 fully saturated rings. The number of ether oxygens (including phenoxy) is 1. The van der Waals surface area contributed by atoms with Gasteiger partial charge in [-0.1, -0.05) is 116 Å². The van der Waals surface area contributed by atoms with Crippen LogP contribution in [-0.2, 0) is 26.3 Å². The van der Waals surface area contributed by atoms with Crippen molar-refractivity contribution in [2.75, 3.05) is 4.90 Å². The van der Waals surface area contributed by atoms with E-state index in [4.69, 9.17) is 4.55 Å². The second-order valence-corrected chi connectivity index (χ2v) is 17.8. The summed E-state index contributed by atoms with van der Waals surface area (Å²) >= 11 is 0. The minimum atomic E-state index is -5.54. The van der Waals surface area contributed by atoms with Crippen LogP contribution in [0.2, 0.25) is 0 Å². The first-order valence-corrected chi connectivity index (χ1v) is 23.4. The van der Waals surface area contributed by atoms with Gasteiger partial charge in [0.05, 0.1) is 5.39 Å². The molecule has 0 radical (unpaired) electrons. The van der Waals surface area contributed by atoms with Crippen molar-refractivity contribution in [3.63, 3.8) is 0 Å². The van der Waals surface area contributed by atoms with Crippen LogP contribution in [0.1, 0.15) is 78.3 Å². The summed E-state index contributed by atoms with van der Waals surface area (Å²) in [6.07, 6.45) is 12.1. The topological polar surface area (TPSA) is 125 Å². The highest BCUT2D eigenvalue weighted by atomic mass is 32.2. The lowest BCUT2D eigenvalue weighted by atomic mass is 9.95. The fourth-order valence-electron chi connectivity index (χ4n) is 8.98. The van der Waals surface area contributed by atoms with Gasteiger partial charge >= 0.3 is 22.1 Å². The van der Waals surface area contributed by atoms with Gasteiger partial charge in [0.25, 0.3) is 0 Å². The smallest absolute Gasteiger partial charge is 0.370 e. The van der Waals surface area contributed by atoms with Crippen LogP contribution in [-0.4, -0.2) is 36.1 Å². The van der Waals surface area contributed by atoms with Gasteiger partial charge in [-0.2, -0.15) is 21.8 Å². The van der Waals surface area contributed by atoms with E-state index >= 15 is 0 Å². The number of benzene rings is 6. The van der Waals surface area contributed by atoms with Crippen molar-refractivity contribution in [2.24, 2.45) is 0 Å². The number of halogens is 4. The van der Waals surface area contributed by atoms with Crippen molar-refractivity contribution >= 4 is 68.1 Å². The second-order valence-electron chi connectivity index (χ2n) is 16.4. The quantitative estimate of drug-likeness (QED) is 0.0236. The lowest BCUT2D eigenvalue weighted by Gasteiger charge is -2.27. The Balaban J connectivity index is 0.000000264. The van der Waals surface area contributed by atoms with Gasteiger partial charge in [-0.25, -0.2) is 13.6 Å². The Bertz CT molecular complexity index is 3130. The maximum atomic E-state index is 13.4. The molecule has 0 bridgehead atoms. The molecule has 9 rings (SSSR count). The maximum absolute atomic E-state index is 13.4. The number of para-hydroxylation sites is 1. The summed E-state index contributed by atoms with van der Waals surface area (Å²) < 4.78 is 89.1. The lowest BCUT2D eigenvalue weighted by Crippen LogP contribution is -2.38. The Morgan fingerprint density at radius 3 is 2.00 bits per heavy atom. The number of fused-ring (bicyclic) bond motifs is 4. The van der Waals surface area contributed by atoms with E-state index < -0.39 is 56.0 Å². The summed E-state index contributed by atoms with van der Waals surface area (Å²) in [5.41, 5.74) is 12.0. The first kappa shape index (κ1) is 47.1. The van der Waals surface area contributed by atoms with E-state index in [-0.39, 0.29) is 19.4 Å². The minimum absolute atomic E-state index is 0.0593. The average molecular weight is 942 g/mol. The average Bonchev–Trinajstić information content (AvgIpc) is 3.93. The summed E-state index contributed by atoms with van der Waals surface area (Å²) in [6, 6.07) is 47.7. The summed E-state index contributed by atoms with van der Waals surface area (Å²) in [6.45, 7) is 1.48.